The van der Waals surface area contributed by atoms with Crippen molar-refractivity contribution in [3.8, 4) is 0 Å². The Morgan fingerprint density at radius 3 is 2.43 bits per heavy atom. The Kier molecular flexibility index (Phi) is 3.79. The lowest BCUT2D eigenvalue weighted by molar-refractivity contribution is -0.384. The second kappa shape index (κ2) is 5.39. The second-order valence-corrected chi connectivity index (χ2v) is 5.07. The molecule has 0 aliphatic heterocycles. The van der Waals surface area contributed by atoms with Crippen molar-refractivity contribution < 1.29 is 19.6 Å². The van der Waals surface area contributed by atoms with E-state index in [4.69, 9.17) is 5.73 Å². The van der Waals surface area contributed by atoms with E-state index in [1.165, 1.54) is 12.1 Å². The fourth-order valence-corrected chi connectivity index (χ4v) is 2.58. The van der Waals surface area contributed by atoms with E-state index in [1.807, 2.05) is 0 Å². The standard InChI is InChI=1S/C13H15N3O5/c14-11(17)8-3-4-10(16(20)21)9(7-8)15-13(12(18)19)5-1-2-6-13/h3-4,7,15H,1-2,5-6H2,(H2,14,17)(H,18,19). The molecule has 1 amide bonds. The van der Waals surface area contributed by atoms with Gasteiger partial charge in [-0.25, -0.2) is 4.79 Å². The van der Waals surface area contributed by atoms with Crippen LogP contribution in [0.5, 0.6) is 0 Å². The van der Waals surface area contributed by atoms with Gasteiger partial charge in [0, 0.05) is 11.6 Å². The highest BCUT2D eigenvalue weighted by Gasteiger charge is 2.42. The number of nitro benzene ring substituents is 1. The molecule has 21 heavy (non-hydrogen) atoms. The van der Waals surface area contributed by atoms with Crippen LogP contribution in [0.1, 0.15) is 36.0 Å². The van der Waals surface area contributed by atoms with Gasteiger partial charge in [0.25, 0.3) is 5.69 Å². The zero-order chi connectivity index (χ0) is 15.6. The zero-order valence-corrected chi connectivity index (χ0v) is 11.2. The number of benzene rings is 1. The predicted molar refractivity (Wildman–Crippen MR) is 74.1 cm³/mol. The summed E-state index contributed by atoms with van der Waals surface area (Å²) in [6.07, 6.45) is 2.20. The molecule has 4 N–H and O–H groups in total. The van der Waals surface area contributed by atoms with Gasteiger partial charge in [0.15, 0.2) is 0 Å². The number of nitrogens with one attached hydrogen (secondary N) is 1. The number of anilines is 1. The first-order valence-electron chi connectivity index (χ1n) is 6.45. The molecule has 1 fully saturated rings. The van der Waals surface area contributed by atoms with Gasteiger partial charge in [0.1, 0.15) is 11.2 Å². The number of aliphatic carboxylic acids is 1. The highest BCUT2D eigenvalue weighted by Crippen LogP contribution is 2.36. The Balaban J connectivity index is 2.45. The molecule has 112 valence electrons. The zero-order valence-electron chi connectivity index (χ0n) is 11.2. The van der Waals surface area contributed by atoms with E-state index in [2.05, 4.69) is 5.32 Å². The summed E-state index contributed by atoms with van der Waals surface area (Å²) in [5, 5.41) is 23.2. The van der Waals surface area contributed by atoms with Crippen molar-refractivity contribution in [2.24, 2.45) is 5.73 Å². The van der Waals surface area contributed by atoms with Crippen molar-refractivity contribution in [3.05, 3.63) is 33.9 Å². The molecule has 8 nitrogen and oxygen atoms in total. The number of nitrogens with zero attached hydrogens (tertiary/aromatic N) is 1. The molecule has 1 aromatic rings. The lowest BCUT2D eigenvalue weighted by Gasteiger charge is -2.26. The summed E-state index contributed by atoms with van der Waals surface area (Å²) in [7, 11) is 0. The number of carboxylic acids is 1. The van der Waals surface area contributed by atoms with Crippen molar-refractivity contribution in [3.63, 3.8) is 0 Å². The molecule has 0 radical (unpaired) electrons. The van der Waals surface area contributed by atoms with Crippen LogP contribution in [0, 0.1) is 10.1 Å². The average Bonchev–Trinajstić information content (AvgIpc) is 2.88. The number of carbonyl (C=O) groups excluding carboxylic acids is 1. The normalized spacial score (nSPS) is 16.4. The number of hydrogen-bond donors (Lipinski definition) is 3. The van der Waals surface area contributed by atoms with Gasteiger partial charge in [-0.2, -0.15) is 0 Å². The quantitative estimate of drug-likeness (QED) is 0.556. The minimum atomic E-state index is -1.24. The average molecular weight is 293 g/mol. The van der Waals surface area contributed by atoms with Crippen LogP contribution < -0.4 is 11.1 Å². The smallest absolute Gasteiger partial charge is 0.329 e. The third kappa shape index (κ3) is 2.78. The van der Waals surface area contributed by atoms with Crippen molar-refractivity contribution >= 4 is 23.3 Å². The molecule has 1 aliphatic rings. The van der Waals surface area contributed by atoms with E-state index in [1.54, 1.807) is 0 Å². The summed E-state index contributed by atoms with van der Waals surface area (Å²) >= 11 is 0. The van der Waals surface area contributed by atoms with Gasteiger partial charge >= 0.3 is 5.97 Å². The maximum Gasteiger partial charge on any atom is 0.329 e. The molecular formula is C13H15N3O5. The molecule has 1 saturated carbocycles. The monoisotopic (exact) mass is 293 g/mol. The molecule has 0 aromatic heterocycles. The number of carboxylic acid groups (broad SMARTS) is 1. The van der Waals surface area contributed by atoms with E-state index < -0.39 is 22.3 Å². The van der Waals surface area contributed by atoms with Gasteiger partial charge in [0.05, 0.1) is 4.92 Å². The summed E-state index contributed by atoms with van der Waals surface area (Å²) in [6.45, 7) is 0. The van der Waals surface area contributed by atoms with Crippen molar-refractivity contribution in [2.75, 3.05) is 5.32 Å². The molecule has 8 heteroatoms. The molecule has 0 unspecified atom stereocenters. The first kappa shape index (κ1) is 14.8. The summed E-state index contributed by atoms with van der Waals surface area (Å²) < 4.78 is 0. The van der Waals surface area contributed by atoms with E-state index in [0.29, 0.717) is 12.8 Å². The molecule has 0 spiro atoms. The van der Waals surface area contributed by atoms with Gasteiger partial charge in [0.2, 0.25) is 5.91 Å². The third-order valence-electron chi connectivity index (χ3n) is 3.72. The maximum atomic E-state index is 11.5. The fraction of sp³-hybridized carbons (Fsp3) is 0.385. The van der Waals surface area contributed by atoms with Crippen LogP contribution in [-0.4, -0.2) is 27.4 Å². The molecular weight excluding hydrogens is 278 g/mol. The molecule has 0 heterocycles. The molecule has 0 bridgehead atoms. The Labute approximate surface area is 120 Å². The summed E-state index contributed by atoms with van der Waals surface area (Å²) in [6, 6.07) is 3.62. The van der Waals surface area contributed by atoms with Crippen LogP contribution in [0.25, 0.3) is 0 Å². The number of rotatable bonds is 5. The topological polar surface area (TPSA) is 136 Å². The van der Waals surface area contributed by atoms with E-state index >= 15 is 0 Å². The SMILES string of the molecule is NC(=O)c1ccc([N+](=O)[O-])c(NC2(C(=O)O)CCCC2)c1. The maximum absolute atomic E-state index is 11.5. The Bertz CT molecular complexity index is 608. The summed E-state index contributed by atoms with van der Waals surface area (Å²) in [4.78, 5) is 33.1. The number of nitrogens with two attached hydrogens (primary N) is 1. The van der Waals surface area contributed by atoms with E-state index in [9.17, 15) is 24.8 Å². The predicted octanol–water partition coefficient (Wildman–Crippen LogP) is 1.50. The van der Waals surface area contributed by atoms with Crippen LogP contribution in [0.4, 0.5) is 11.4 Å². The largest absolute Gasteiger partial charge is 0.480 e. The minimum Gasteiger partial charge on any atom is -0.480 e. The molecule has 2 rings (SSSR count). The highest BCUT2D eigenvalue weighted by atomic mass is 16.6. The van der Waals surface area contributed by atoms with Crippen LogP contribution in [0.15, 0.2) is 18.2 Å². The lowest BCUT2D eigenvalue weighted by Crippen LogP contribution is -2.43. The summed E-state index contributed by atoms with van der Waals surface area (Å²) in [5.41, 5.74) is 3.72. The number of amides is 1. The Morgan fingerprint density at radius 2 is 1.95 bits per heavy atom. The van der Waals surface area contributed by atoms with Gasteiger partial charge in [-0.1, -0.05) is 12.8 Å². The van der Waals surface area contributed by atoms with Crippen molar-refractivity contribution in [1.29, 1.82) is 0 Å². The van der Waals surface area contributed by atoms with Gasteiger partial charge in [-0.05, 0) is 25.0 Å². The Morgan fingerprint density at radius 1 is 1.33 bits per heavy atom. The highest BCUT2D eigenvalue weighted by molar-refractivity contribution is 5.95. The fourth-order valence-electron chi connectivity index (χ4n) is 2.58. The van der Waals surface area contributed by atoms with Gasteiger partial charge in [-0.3, -0.25) is 14.9 Å². The van der Waals surface area contributed by atoms with Crippen molar-refractivity contribution in [1.82, 2.24) is 0 Å². The van der Waals surface area contributed by atoms with Gasteiger partial charge < -0.3 is 16.2 Å². The van der Waals surface area contributed by atoms with Crippen LogP contribution in [0.3, 0.4) is 0 Å². The van der Waals surface area contributed by atoms with Crippen LogP contribution in [0.2, 0.25) is 0 Å². The number of primary amides is 1. The Hall–Kier alpha value is -2.64. The number of hydrogen-bond acceptors (Lipinski definition) is 5. The van der Waals surface area contributed by atoms with E-state index in [0.717, 1.165) is 18.9 Å². The van der Waals surface area contributed by atoms with E-state index in [-0.39, 0.29) is 16.9 Å². The second-order valence-electron chi connectivity index (χ2n) is 5.07. The number of nitro groups is 1. The van der Waals surface area contributed by atoms with Crippen LogP contribution >= 0.6 is 0 Å². The molecule has 0 saturated heterocycles. The minimum absolute atomic E-state index is 0.000556. The molecule has 1 aliphatic carbocycles. The summed E-state index contributed by atoms with van der Waals surface area (Å²) in [5.74, 6) is -1.79. The first-order chi connectivity index (χ1) is 9.85. The van der Waals surface area contributed by atoms with Crippen molar-refractivity contribution in [2.45, 2.75) is 31.2 Å². The molecule has 0 atom stereocenters. The van der Waals surface area contributed by atoms with Gasteiger partial charge in [-0.15, -0.1) is 0 Å². The molecule has 1 aromatic carbocycles. The van der Waals surface area contributed by atoms with Crippen LogP contribution in [-0.2, 0) is 4.79 Å². The first-order valence-corrected chi connectivity index (χ1v) is 6.45. The number of carbonyl (C=O) groups is 2. The third-order valence-corrected chi connectivity index (χ3v) is 3.72. The lowest BCUT2D eigenvalue weighted by atomic mass is 9.97.